The van der Waals surface area contributed by atoms with Gasteiger partial charge < -0.3 is 35.4 Å². The fourth-order valence-corrected chi connectivity index (χ4v) is 2.02. The molecule has 0 saturated carbocycles. The zero-order chi connectivity index (χ0) is 15.5. The molecule has 0 radical (unpaired) electrons. The van der Waals surface area contributed by atoms with Crippen molar-refractivity contribution in [2.75, 3.05) is 13.2 Å². The molecule has 1 saturated heterocycles. The first-order valence-electron chi connectivity index (χ1n) is 5.36. The lowest BCUT2D eigenvalue weighted by molar-refractivity contribution is -0.145. The van der Waals surface area contributed by atoms with E-state index >= 15 is 0 Å². The minimum Gasteiger partial charge on any atom is -0.387 e. The summed E-state index contributed by atoms with van der Waals surface area (Å²) in [5, 5.41) is 19.3. The maximum atomic E-state index is 10.8. The lowest BCUT2D eigenvalue weighted by Crippen LogP contribution is -2.46. The molecule has 1 aliphatic heterocycles. The van der Waals surface area contributed by atoms with Crippen LogP contribution in [0.3, 0.4) is 0 Å². The molecule has 116 valence electrons. The van der Waals surface area contributed by atoms with Crippen molar-refractivity contribution in [3.05, 3.63) is 0 Å². The largest absolute Gasteiger partial charge is 0.469 e. The number of nitrogens with two attached hydrogens (primary N) is 1. The van der Waals surface area contributed by atoms with Gasteiger partial charge in [0.2, 0.25) is 12.3 Å². The summed E-state index contributed by atoms with van der Waals surface area (Å²) in [6.45, 7) is -1.26. The van der Waals surface area contributed by atoms with Gasteiger partial charge in [0.05, 0.1) is 6.61 Å². The highest BCUT2D eigenvalue weighted by atomic mass is 31.2. The van der Waals surface area contributed by atoms with Crippen LogP contribution in [0, 0.1) is 0 Å². The SMILES string of the molecule is NC(=O)CN(C=O)C1O[C@H](COP(=O)(O)O)[C@@H](O)[C@H]1O. The van der Waals surface area contributed by atoms with Crippen molar-refractivity contribution >= 4 is 20.1 Å². The van der Waals surface area contributed by atoms with Gasteiger partial charge in [0.25, 0.3) is 0 Å². The summed E-state index contributed by atoms with van der Waals surface area (Å²) in [6.07, 6.45) is -5.59. The number of primary amides is 1. The quantitative estimate of drug-likeness (QED) is 0.235. The second-order valence-corrected chi connectivity index (χ2v) is 5.32. The summed E-state index contributed by atoms with van der Waals surface area (Å²) in [6, 6.07) is 0. The molecule has 0 bridgehead atoms. The van der Waals surface area contributed by atoms with E-state index in [-0.39, 0.29) is 6.41 Å². The highest BCUT2D eigenvalue weighted by Crippen LogP contribution is 2.37. The van der Waals surface area contributed by atoms with E-state index in [1.165, 1.54) is 0 Å². The van der Waals surface area contributed by atoms with Crippen molar-refractivity contribution in [1.82, 2.24) is 4.90 Å². The lowest BCUT2D eigenvalue weighted by Gasteiger charge is -2.25. The van der Waals surface area contributed by atoms with Gasteiger partial charge in [0, 0.05) is 0 Å². The second kappa shape index (κ2) is 6.59. The normalized spacial score (nSPS) is 30.2. The third-order valence-corrected chi connectivity index (χ3v) is 3.03. The maximum absolute atomic E-state index is 10.8. The molecule has 0 aromatic rings. The molecule has 2 amide bonds. The number of hydrogen-bond donors (Lipinski definition) is 5. The molecule has 1 heterocycles. The molecular weight excluding hydrogens is 299 g/mol. The molecule has 1 aliphatic rings. The summed E-state index contributed by atoms with van der Waals surface area (Å²) in [5.74, 6) is -0.864. The van der Waals surface area contributed by atoms with Crippen LogP contribution in [0.15, 0.2) is 0 Å². The van der Waals surface area contributed by atoms with Crippen molar-refractivity contribution in [1.29, 1.82) is 0 Å². The van der Waals surface area contributed by atoms with Gasteiger partial charge in [-0.25, -0.2) is 4.57 Å². The number of aliphatic hydroxyl groups excluding tert-OH is 2. The predicted octanol–water partition coefficient (Wildman–Crippen LogP) is -3.51. The summed E-state index contributed by atoms with van der Waals surface area (Å²) in [7, 11) is -4.77. The number of rotatable bonds is 7. The minimum atomic E-state index is -4.77. The Labute approximate surface area is 113 Å². The Morgan fingerprint density at radius 1 is 1.40 bits per heavy atom. The van der Waals surface area contributed by atoms with E-state index < -0.39 is 51.4 Å². The minimum absolute atomic E-state index is 0.192. The highest BCUT2D eigenvalue weighted by molar-refractivity contribution is 7.46. The molecular formula is C8H15N2O9P. The van der Waals surface area contributed by atoms with E-state index in [2.05, 4.69) is 4.52 Å². The van der Waals surface area contributed by atoms with Crippen LogP contribution >= 0.6 is 7.82 Å². The number of hydrogen-bond acceptors (Lipinski definition) is 7. The number of nitrogens with zero attached hydrogens (tertiary/aromatic N) is 1. The fourth-order valence-electron chi connectivity index (χ4n) is 1.68. The van der Waals surface area contributed by atoms with Crippen LogP contribution in [0.2, 0.25) is 0 Å². The molecule has 0 spiro atoms. The van der Waals surface area contributed by atoms with E-state index in [1.54, 1.807) is 0 Å². The second-order valence-electron chi connectivity index (χ2n) is 4.08. The first-order chi connectivity index (χ1) is 9.15. The Bertz CT molecular complexity index is 413. The number of amides is 2. The number of phosphoric acid groups is 1. The van der Waals surface area contributed by atoms with E-state index in [4.69, 9.17) is 20.3 Å². The van der Waals surface area contributed by atoms with Crippen LogP contribution in [-0.4, -0.2) is 74.9 Å². The number of ether oxygens (including phenoxy) is 1. The smallest absolute Gasteiger partial charge is 0.387 e. The van der Waals surface area contributed by atoms with Crippen molar-refractivity contribution in [3.63, 3.8) is 0 Å². The number of carbonyl (C=O) groups excluding carboxylic acids is 2. The average molecular weight is 314 g/mol. The number of aliphatic hydroxyl groups is 2. The zero-order valence-corrected chi connectivity index (χ0v) is 11.0. The maximum Gasteiger partial charge on any atom is 0.469 e. The summed E-state index contributed by atoms with van der Waals surface area (Å²) >= 11 is 0. The van der Waals surface area contributed by atoms with Crippen LogP contribution in [0.25, 0.3) is 0 Å². The van der Waals surface area contributed by atoms with Crippen LogP contribution in [0.1, 0.15) is 0 Å². The van der Waals surface area contributed by atoms with E-state index in [0.29, 0.717) is 4.90 Å². The topological polar surface area (TPSA) is 180 Å². The molecule has 0 aromatic heterocycles. The summed E-state index contributed by atoms with van der Waals surface area (Å²) in [4.78, 5) is 39.3. The first-order valence-corrected chi connectivity index (χ1v) is 6.89. The number of phosphoric ester groups is 1. The molecule has 0 aliphatic carbocycles. The van der Waals surface area contributed by atoms with Gasteiger partial charge in [-0.3, -0.25) is 14.1 Å². The summed E-state index contributed by atoms with van der Waals surface area (Å²) in [5.41, 5.74) is 4.90. The molecule has 1 fully saturated rings. The Morgan fingerprint density at radius 2 is 2.00 bits per heavy atom. The molecule has 1 rings (SSSR count). The highest BCUT2D eigenvalue weighted by Gasteiger charge is 2.46. The van der Waals surface area contributed by atoms with E-state index in [9.17, 15) is 24.4 Å². The van der Waals surface area contributed by atoms with Crippen LogP contribution < -0.4 is 5.73 Å². The molecule has 12 heteroatoms. The summed E-state index contributed by atoms with van der Waals surface area (Å²) < 4.78 is 19.7. The van der Waals surface area contributed by atoms with Gasteiger partial charge in [0.15, 0.2) is 6.23 Å². The standard InChI is InChI=1S/C8H15N2O9P/c9-5(12)1-10(3-11)8-7(14)6(13)4(19-8)2-18-20(15,16)17/h3-4,6-8,13-14H,1-2H2,(H2,9,12)(H2,15,16,17)/t4-,6-,7-,8?/m1/s1. The fraction of sp³-hybridized carbons (Fsp3) is 0.750. The Balaban J connectivity index is 2.70. The third-order valence-electron chi connectivity index (χ3n) is 2.54. The van der Waals surface area contributed by atoms with Gasteiger partial charge in [-0.1, -0.05) is 0 Å². The van der Waals surface area contributed by atoms with Crippen LogP contribution in [0.4, 0.5) is 0 Å². The molecule has 6 N–H and O–H groups in total. The number of carbonyl (C=O) groups is 2. The monoisotopic (exact) mass is 314 g/mol. The van der Waals surface area contributed by atoms with Crippen molar-refractivity contribution < 1.29 is 43.4 Å². The van der Waals surface area contributed by atoms with Crippen molar-refractivity contribution in [2.45, 2.75) is 24.5 Å². The average Bonchev–Trinajstić information content (AvgIpc) is 2.60. The lowest BCUT2D eigenvalue weighted by atomic mass is 10.1. The van der Waals surface area contributed by atoms with E-state index in [1.807, 2.05) is 0 Å². The van der Waals surface area contributed by atoms with Gasteiger partial charge in [0.1, 0.15) is 24.9 Å². The third kappa shape index (κ3) is 4.49. The van der Waals surface area contributed by atoms with Crippen LogP contribution in [-0.2, 0) is 23.4 Å². The Kier molecular flexibility index (Phi) is 5.59. The van der Waals surface area contributed by atoms with Gasteiger partial charge >= 0.3 is 7.82 Å². The molecule has 11 nitrogen and oxygen atoms in total. The van der Waals surface area contributed by atoms with Gasteiger partial charge in [-0.15, -0.1) is 0 Å². The molecule has 1 unspecified atom stereocenters. The van der Waals surface area contributed by atoms with Crippen molar-refractivity contribution in [3.8, 4) is 0 Å². The van der Waals surface area contributed by atoms with Crippen molar-refractivity contribution in [2.24, 2.45) is 5.73 Å². The molecule has 0 aromatic carbocycles. The first kappa shape index (κ1) is 17.0. The van der Waals surface area contributed by atoms with Gasteiger partial charge in [-0.2, -0.15) is 0 Å². The molecule has 4 atom stereocenters. The molecule has 20 heavy (non-hydrogen) atoms. The van der Waals surface area contributed by atoms with Gasteiger partial charge in [-0.05, 0) is 0 Å². The zero-order valence-electron chi connectivity index (χ0n) is 10.1. The predicted molar refractivity (Wildman–Crippen MR) is 60.6 cm³/mol. The van der Waals surface area contributed by atoms with Crippen LogP contribution in [0.5, 0.6) is 0 Å². The Hall–Kier alpha value is -1.07. The Morgan fingerprint density at radius 3 is 2.45 bits per heavy atom. The van der Waals surface area contributed by atoms with E-state index in [0.717, 1.165) is 0 Å².